The quantitative estimate of drug-likeness (QED) is 0.644. The van der Waals surface area contributed by atoms with Gasteiger partial charge >= 0.3 is 0 Å². The number of nitrogens with one attached hydrogen (secondary N) is 1. The molecule has 1 aliphatic heterocycles. The van der Waals surface area contributed by atoms with Crippen LogP contribution in [0.25, 0.3) is 11.5 Å². The van der Waals surface area contributed by atoms with Crippen LogP contribution in [0, 0.1) is 6.92 Å². The molecule has 1 aliphatic rings. The third kappa shape index (κ3) is 3.77. The van der Waals surface area contributed by atoms with E-state index < -0.39 is 5.25 Å². The van der Waals surface area contributed by atoms with Gasteiger partial charge in [-0.1, -0.05) is 17.8 Å². The van der Waals surface area contributed by atoms with E-state index >= 15 is 0 Å². The third-order valence-electron chi connectivity index (χ3n) is 4.05. The van der Waals surface area contributed by atoms with Crippen LogP contribution >= 0.6 is 11.8 Å². The fourth-order valence-corrected chi connectivity index (χ4v) is 3.27. The van der Waals surface area contributed by atoms with Gasteiger partial charge in [-0.2, -0.15) is 0 Å². The summed E-state index contributed by atoms with van der Waals surface area (Å²) in [6.45, 7) is 4.22. The first kappa shape index (κ1) is 17.5. The average molecular weight is 387 g/mol. The predicted molar refractivity (Wildman–Crippen MR) is 96.5 cm³/mol. The van der Waals surface area contributed by atoms with Crippen LogP contribution in [0.1, 0.15) is 18.2 Å². The maximum atomic E-state index is 12.4. The van der Waals surface area contributed by atoms with E-state index in [1.807, 2.05) is 25.1 Å². The molecule has 1 N–H and O–H groups in total. The SMILES string of the molecule is Cc1occc1-c1nnc(S[C@H](C)C(=O)NCc2ccc3c(c2)OCO3)o1. The predicted octanol–water partition coefficient (Wildman–Crippen LogP) is 3.16. The van der Waals surface area contributed by atoms with Crippen LogP contribution in [-0.2, 0) is 11.3 Å². The number of ether oxygens (including phenoxy) is 2. The molecule has 140 valence electrons. The Kier molecular flexibility index (Phi) is 4.76. The van der Waals surface area contributed by atoms with Crippen LogP contribution in [0.2, 0.25) is 0 Å². The second kappa shape index (κ2) is 7.36. The lowest BCUT2D eigenvalue weighted by Crippen LogP contribution is -2.30. The van der Waals surface area contributed by atoms with Crippen molar-refractivity contribution in [1.82, 2.24) is 15.5 Å². The molecule has 0 unspecified atom stereocenters. The van der Waals surface area contributed by atoms with Crippen molar-refractivity contribution >= 4 is 17.7 Å². The number of amides is 1. The second-order valence-corrected chi connectivity index (χ2v) is 7.22. The van der Waals surface area contributed by atoms with Crippen molar-refractivity contribution in [2.24, 2.45) is 0 Å². The fraction of sp³-hybridized carbons (Fsp3) is 0.278. The van der Waals surface area contributed by atoms with Crippen LogP contribution in [0.3, 0.4) is 0 Å². The standard InChI is InChI=1S/C18H17N3O5S/c1-10-13(5-6-23-10)17-20-21-18(26-17)27-11(2)16(22)19-8-12-3-4-14-15(7-12)25-9-24-14/h3-7,11H,8-9H2,1-2H3,(H,19,22)/t11-/m1/s1. The van der Waals surface area contributed by atoms with Crippen molar-refractivity contribution in [2.75, 3.05) is 6.79 Å². The lowest BCUT2D eigenvalue weighted by atomic mass is 10.2. The number of thioether (sulfide) groups is 1. The van der Waals surface area contributed by atoms with Crippen LogP contribution in [0.15, 0.2) is 44.6 Å². The van der Waals surface area contributed by atoms with Gasteiger partial charge in [0, 0.05) is 6.54 Å². The Bertz CT molecular complexity index is 968. The van der Waals surface area contributed by atoms with Crippen molar-refractivity contribution in [3.63, 3.8) is 0 Å². The molecular weight excluding hydrogens is 370 g/mol. The van der Waals surface area contributed by atoms with E-state index in [4.69, 9.17) is 18.3 Å². The average Bonchev–Trinajstić information content (AvgIpc) is 3.39. The molecule has 1 aromatic carbocycles. The molecule has 8 nitrogen and oxygen atoms in total. The van der Waals surface area contributed by atoms with E-state index in [-0.39, 0.29) is 12.7 Å². The van der Waals surface area contributed by atoms with E-state index in [1.165, 1.54) is 11.8 Å². The Morgan fingerprint density at radius 2 is 2.11 bits per heavy atom. The van der Waals surface area contributed by atoms with Crippen LogP contribution in [0.5, 0.6) is 11.5 Å². The number of hydrogen-bond acceptors (Lipinski definition) is 8. The zero-order valence-electron chi connectivity index (χ0n) is 14.7. The topological polar surface area (TPSA) is 99.6 Å². The number of hydrogen-bond donors (Lipinski definition) is 1. The van der Waals surface area contributed by atoms with E-state index in [0.717, 1.165) is 11.1 Å². The molecule has 1 amide bonds. The second-order valence-electron chi connectivity index (χ2n) is 5.93. The molecule has 9 heteroatoms. The summed E-state index contributed by atoms with van der Waals surface area (Å²) in [4.78, 5) is 12.4. The maximum Gasteiger partial charge on any atom is 0.277 e. The Balaban J connectivity index is 1.33. The molecule has 0 radical (unpaired) electrons. The van der Waals surface area contributed by atoms with Crippen molar-refractivity contribution in [2.45, 2.75) is 30.9 Å². The number of furan rings is 1. The van der Waals surface area contributed by atoms with Crippen LogP contribution in [0.4, 0.5) is 0 Å². The van der Waals surface area contributed by atoms with Crippen LogP contribution in [-0.4, -0.2) is 28.1 Å². The molecule has 0 fully saturated rings. The number of carbonyl (C=O) groups is 1. The van der Waals surface area contributed by atoms with E-state index in [0.29, 0.717) is 34.9 Å². The summed E-state index contributed by atoms with van der Waals surface area (Å²) in [5, 5.41) is 10.8. The number of nitrogens with zero attached hydrogens (tertiary/aromatic N) is 2. The van der Waals surface area contributed by atoms with Gasteiger partial charge in [-0.05, 0) is 37.6 Å². The number of rotatable bonds is 6. The molecule has 3 heterocycles. The summed E-state index contributed by atoms with van der Waals surface area (Å²) >= 11 is 1.20. The fourth-order valence-electron chi connectivity index (χ4n) is 2.56. The number of carbonyl (C=O) groups excluding carboxylic acids is 1. The molecule has 0 saturated heterocycles. The number of fused-ring (bicyclic) bond motifs is 1. The molecule has 2 aromatic heterocycles. The van der Waals surface area contributed by atoms with Crippen molar-refractivity contribution in [3.8, 4) is 23.0 Å². The summed E-state index contributed by atoms with van der Waals surface area (Å²) in [6.07, 6.45) is 1.56. The minimum atomic E-state index is -0.391. The maximum absolute atomic E-state index is 12.4. The van der Waals surface area contributed by atoms with Gasteiger partial charge in [-0.3, -0.25) is 4.79 Å². The molecule has 0 spiro atoms. The van der Waals surface area contributed by atoms with Gasteiger partial charge in [0.2, 0.25) is 12.7 Å². The Hall–Kier alpha value is -2.94. The van der Waals surface area contributed by atoms with Gasteiger partial charge in [-0.25, -0.2) is 0 Å². The molecule has 0 saturated carbocycles. The summed E-state index contributed by atoms with van der Waals surface area (Å²) < 4.78 is 21.5. The Labute approximate surface area is 159 Å². The Morgan fingerprint density at radius 3 is 2.93 bits per heavy atom. The minimum absolute atomic E-state index is 0.128. The van der Waals surface area contributed by atoms with E-state index in [9.17, 15) is 4.79 Å². The normalized spacial score (nSPS) is 13.6. The summed E-state index contributed by atoms with van der Waals surface area (Å²) in [7, 11) is 0. The highest BCUT2D eigenvalue weighted by atomic mass is 32.2. The summed E-state index contributed by atoms with van der Waals surface area (Å²) in [6, 6.07) is 7.35. The first-order valence-corrected chi connectivity index (χ1v) is 9.19. The zero-order valence-corrected chi connectivity index (χ0v) is 15.5. The monoisotopic (exact) mass is 387 g/mol. The molecule has 27 heavy (non-hydrogen) atoms. The Morgan fingerprint density at radius 1 is 1.26 bits per heavy atom. The highest BCUT2D eigenvalue weighted by Gasteiger charge is 2.20. The van der Waals surface area contributed by atoms with Crippen molar-refractivity contribution < 1.29 is 23.1 Å². The first-order chi connectivity index (χ1) is 13.1. The van der Waals surface area contributed by atoms with E-state index in [2.05, 4.69) is 15.5 Å². The first-order valence-electron chi connectivity index (χ1n) is 8.31. The smallest absolute Gasteiger partial charge is 0.277 e. The zero-order chi connectivity index (χ0) is 18.8. The molecule has 1 atom stereocenters. The van der Waals surface area contributed by atoms with Crippen molar-refractivity contribution in [1.29, 1.82) is 0 Å². The van der Waals surface area contributed by atoms with Gasteiger partial charge < -0.3 is 23.6 Å². The van der Waals surface area contributed by atoms with Gasteiger partial charge in [0.25, 0.3) is 11.1 Å². The highest BCUT2D eigenvalue weighted by Crippen LogP contribution is 2.32. The van der Waals surface area contributed by atoms with Gasteiger partial charge in [0.15, 0.2) is 11.5 Å². The minimum Gasteiger partial charge on any atom is -0.469 e. The van der Waals surface area contributed by atoms with Gasteiger partial charge in [0.1, 0.15) is 5.76 Å². The van der Waals surface area contributed by atoms with Crippen LogP contribution < -0.4 is 14.8 Å². The lowest BCUT2D eigenvalue weighted by Gasteiger charge is -2.10. The lowest BCUT2D eigenvalue weighted by molar-refractivity contribution is -0.120. The molecule has 0 aliphatic carbocycles. The summed E-state index contributed by atoms with van der Waals surface area (Å²) in [5.41, 5.74) is 1.68. The molecular formula is C18H17N3O5S. The largest absolute Gasteiger partial charge is 0.469 e. The highest BCUT2D eigenvalue weighted by molar-refractivity contribution is 8.00. The van der Waals surface area contributed by atoms with Gasteiger partial charge in [0.05, 0.1) is 17.1 Å². The number of benzene rings is 1. The number of aryl methyl sites for hydroxylation is 1. The van der Waals surface area contributed by atoms with Crippen molar-refractivity contribution in [3.05, 3.63) is 41.9 Å². The number of aromatic nitrogens is 2. The van der Waals surface area contributed by atoms with E-state index in [1.54, 1.807) is 19.3 Å². The third-order valence-corrected chi connectivity index (χ3v) is 4.98. The molecule has 3 aromatic rings. The van der Waals surface area contributed by atoms with Gasteiger partial charge in [-0.15, -0.1) is 10.2 Å². The molecule has 4 rings (SSSR count). The molecule has 0 bridgehead atoms. The summed E-state index contributed by atoms with van der Waals surface area (Å²) in [5.74, 6) is 2.35.